The van der Waals surface area contributed by atoms with Crippen molar-refractivity contribution in [1.82, 2.24) is 4.98 Å². The standard InChI is InChI=1S/C17H12N4O2/c18-21-19-10-13-15(17(22)23)12-8-4-5-9-14(12)20-16(13)11-6-2-1-3-7-11/h1-9H,10H2,(H,22,23). The molecule has 0 fully saturated rings. The number of fused-ring (bicyclic) bond motifs is 1. The van der Waals surface area contributed by atoms with Gasteiger partial charge in [-0.1, -0.05) is 53.6 Å². The molecule has 1 N–H and O–H groups in total. The number of benzene rings is 2. The van der Waals surface area contributed by atoms with Crippen molar-refractivity contribution < 1.29 is 9.90 Å². The molecule has 0 spiro atoms. The van der Waals surface area contributed by atoms with Gasteiger partial charge in [0.25, 0.3) is 0 Å². The maximum Gasteiger partial charge on any atom is 0.336 e. The third-order valence-electron chi connectivity index (χ3n) is 3.55. The first-order chi connectivity index (χ1) is 11.2. The second-order valence-corrected chi connectivity index (χ2v) is 4.89. The molecule has 3 rings (SSSR count). The van der Waals surface area contributed by atoms with Crippen LogP contribution in [0.2, 0.25) is 0 Å². The van der Waals surface area contributed by atoms with Crippen molar-refractivity contribution in [2.45, 2.75) is 6.54 Å². The maximum absolute atomic E-state index is 11.8. The zero-order valence-electron chi connectivity index (χ0n) is 12.0. The van der Waals surface area contributed by atoms with Gasteiger partial charge >= 0.3 is 5.97 Å². The van der Waals surface area contributed by atoms with Gasteiger partial charge < -0.3 is 5.11 Å². The first-order valence-corrected chi connectivity index (χ1v) is 6.93. The maximum atomic E-state index is 11.8. The highest BCUT2D eigenvalue weighted by molar-refractivity contribution is 6.05. The van der Waals surface area contributed by atoms with E-state index in [-0.39, 0.29) is 12.1 Å². The summed E-state index contributed by atoms with van der Waals surface area (Å²) >= 11 is 0. The zero-order valence-corrected chi connectivity index (χ0v) is 12.0. The minimum Gasteiger partial charge on any atom is -0.478 e. The molecular weight excluding hydrogens is 292 g/mol. The van der Waals surface area contributed by atoms with E-state index in [0.29, 0.717) is 22.2 Å². The lowest BCUT2D eigenvalue weighted by atomic mass is 9.97. The molecule has 6 nitrogen and oxygen atoms in total. The molecule has 3 aromatic rings. The summed E-state index contributed by atoms with van der Waals surface area (Å²) in [4.78, 5) is 19.2. The fourth-order valence-corrected chi connectivity index (χ4v) is 2.59. The van der Waals surface area contributed by atoms with E-state index < -0.39 is 5.97 Å². The molecule has 1 aromatic heterocycles. The lowest BCUT2D eigenvalue weighted by molar-refractivity contribution is 0.0698. The Morgan fingerprint density at radius 2 is 1.83 bits per heavy atom. The van der Waals surface area contributed by atoms with Gasteiger partial charge in [0.05, 0.1) is 23.3 Å². The Morgan fingerprint density at radius 3 is 2.52 bits per heavy atom. The van der Waals surface area contributed by atoms with Crippen LogP contribution in [-0.4, -0.2) is 16.1 Å². The summed E-state index contributed by atoms with van der Waals surface area (Å²) in [7, 11) is 0. The third kappa shape index (κ3) is 2.71. The predicted octanol–water partition coefficient (Wildman–Crippen LogP) is 4.41. The fourth-order valence-electron chi connectivity index (χ4n) is 2.59. The van der Waals surface area contributed by atoms with Crippen LogP contribution in [0.25, 0.3) is 32.6 Å². The molecule has 0 aliphatic rings. The van der Waals surface area contributed by atoms with Gasteiger partial charge in [-0.15, -0.1) is 0 Å². The van der Waals surface area contributed by atoms with Crippen LogP contribution in [0.4, 0.5) is 0 Å². The van der Waals surface area contributed by atoms with Crippen LogP contribution in [0.15, 0.2) is 59.7 Å². The Bertz CT molecular complexity index is 932. The van der Waals surface area contributed by atoms with Crippen LogP contribution in [0.5, 0.6) is 0 Å². The minimum absolute atomic E-state index is 0.0693. The SMILES string of the molecule is [N-]=[N+]=NCc1c(-c2ccccc2)nc2ccccc2c1C(=O)O. The molecule has 0 bridgehead atoms. The molecule has 112 valence electrons. The lowest BCUT2D eigenvalue weighted by Crippen LogP contribution is -2.07. The Morgan fingerprint density at radius 1 is 1.13 bits per heavy atom. The van der Waals surface area contributed by atoms with E-state index in [0.717, 1.165) is 5.56 Å². The quantitative estimate of drug-likeness (QED) is 0.439. The van der Waals surface area contributed by atoms with Gasteiger partial charge in [0.1, 0.15) is 0 Å². The first kappa shape index (κ1) is 14.6. The molecular formula is C17H12N4O2. The summed E-state index contributed by atoms with van der Waals surface area (Å²) < 4.78 is 0. The van der Waals surface area contributed by atoms with E-state index in [4.69, 9.17) is 5.53 Å². The van der Waals surface area contributed by atoms with Gasteiger partial charge in [0.2, 0.25) is 0 Å². The van der Waals surface area contributed by atoms with E-state index in [9.17, 15) is 9.90 Å². The largest absolute Gasteiger partial charge is 0.478 e. The third-order valence-corrected chi connectivity index (χ3v) is 3.55. The van der Waals surface area contributed by atoms with Gasteiger partial charge in [-0.3, -0.25) is 0 Å². The Labute approximate surface area is 131 Å². The zero-order chi connectivity index (χ0) is 16.2. The Balaban J connectivity index is 2.42. The smallest absolute Gasteiger partial charge is 0.336 e. The van der Waals surface area contributed by atoms with Crippen LogP contribution in [0.1, 0.15) is 15.9 Å². The average molecular weight is 304 g/mol. The molecule has 6 heteroatoms. The van der Waals surface area contributed by atoms with E-state index in [1.807, 2.05) is 36.4 Å². The molecule has 0 unspecified atom stereocenters. The van der Waals surface area contributed by atoms with Crippen LogP contribution in [0, 0.1) is 0 Å². The number of hydrogen-bond acceptors (Lipinski definition) is 3. The van der Waals surface area contributed by atoms with Crippen molar-refractivity contribution in [1.29, 1.82) is 0 Å². The number of aromatic carboxylic acids is 1. The van der Waals surface area contributed by atoms with Gasteiger partial charge in [-0.2, -0.15) is 0 Å². The molecule has 0 aliphatic carbocycles. The molecule has 0 radical (unpaired) electrons. The molecule has 23 heavy (non-hydrogen) atoms. The van der Waals surface area contributed by atoms with Crippen LogP contribution in [-0.2, 0) is 6.54 Å². The summed E-state index contributed by atoms with van der Waals surface area (Å²) in [6.45, 7) is -0.0693. The topological polar surface area (TPSA) is 99.0 Å². The number of para-hydroxylation sites is 1. The summed E-state index contributed by atoms with van der Waals surface area (Å²) in [5, 5.41) is 13.8. The second kappa shape index (κ2) is 6.17. The number of aromatic nitrogens is 1. The second-order valence-electron chi connectivity index (χ2n) is 4.89. The van der Waals surface area contributed by atoms with Gasteiger partial charge in [0, 0.05) is 15.9 Å². The molecule has 0 atom stereocenters. The number of carboxylic acids is 1. The summed E-state index contributed by atoms with van der Waals surface area (Å²) in [6, 6.07) is 16.3. The van der Waals surface area contributed by atoms with E-state index in [2.05, 4.69) is 15.0 Å². The van der Waals surface area contributed by atoms with Crippen molar-refractivity contribution in [2.75, 3.05) is 0 Å². The molecule has 2 aromatic carbocycles. The van der Waals surface area contributed by atoms with Gasteiger partial charge in [-0.05, 0) is 17.2 Å². The number of carbonyl (C=O) groups is 1. The van der Waals surface area contributed by atoms with Crippen molar-refractivity contribution >= 4 is 16.9 Å². The molecule has 0 saturated carbocycles. The molecule has 0 aliphatic heterocycles. The number of pyridine rings is 1. The molecule has 0 saturated heterocycles. The summed E-state index contributed by atoms with van der Waals surface area (Å²) in [5.74, 6) is -1.07. The Hall–Kier alpha value is -3.37. The molecule has 1 heterocycles. The van der Waals surface area contributed by atoms with Crippen molar-refractivity contribution in [3.8, 4) is 11.3 Å². The monoisotopic (exact) mass is 304 g/mol. The van der Waals surface area contributed by atoms with Crippen LogP contribution >= 0.6 is 0 Å². The number of nitrogens with zero attached hydrogens (tertiary/aromatic N) is 4. The Kier molecular flexibility index (Phi) is 3.91. The van der Waals surface area contributed by atoms with Crippen LogP contribution < -0.4 is 0 Å². The van der Waals surface area contributed by atoms with Crippen molar-refractivity contribution in [3.63, 3.8) is 0 Å². The van der Waals surface area contributed by atoms with Gasteiger partial charge in [0.15, 0.2) is 0 Å². The van der Waals surface area contributed by atoms with Gasteiger partial charge in [-0.25, -0.2) is 9.78 Å². The van der Waals surface area contributed by atoms with E-state index in [1.165, 1.54) is 0 Å². The highest BCUT2D eigenvalue weighted by Crippen LogP contribution is 2.30. The summed E-state index contributed by atoms with van der Waals surface area (Å²) in [5.41, 5.74) is 11.1. The highest BCUT2D eigenvalue weighted by Gasteiger charge is 2.20. The predicted molar refractivity (Wildman–Crippen MR) is 87.0 cm³/mol. The minimum atomic E-state index is -1.07. The first-order valence-electron chi connectivity index (χ1n) is 6.93. The number of carboxylic acid groups (broad SMARTS) is 1. The number of hydrogen-bond donors (Lipinski definition) is 1. The molecule has 0 amide bonds. The normalized spacial score (nSPS) is 10.3. The summed E-state index contributed by atoms with van der Waals surface area (Å²) in [6.07, 6.45) is 0. The lowest BCUT2D eigenvalue weighted by Gasteiger charge is -2.13. The highest BCUT2D eigenvalue weighted by atomic mass is 16.4. The van der Waals surface area contributed by atoms with Crippen molar-refractivity contribution in [2.24, 2.45) is 5.11 Å². The van der Waals surface area contributed by atoms with E-state index >= 15 is 0 Å². The average Bonchev–Trinajstić information content (AvgIpc) is 2.59. The number of azide groups is 1. The van der Waals surface area contributed by atoms with Crippen molar-refractivity contribution in [3.05, 3.63) is 76.2 Å². The fraction of sp³-hybridized carbons (Fsp3) is 0.0588. The van der Waals surface area contributed by atoms with E-state index in [1.54, 1.807) is 18.2 Å². The number of rotatable bonds is 4. The van der Waals surface area contributed by atoms with Crippen LogP contribution in [0.3, 0.4) is 0 Å².